The zero-order valence-corrected chi connectivity index (χ0v) is 20.0. The number of anilines is 3. The Balaban J connectivity index is 0.000000532. The number of aromatic nitrogens is 2. The molecule has 0 aliphatic carbocycles. The normalized spacial score (nSPS) is 10.6. The van der Waals surface area contributed by atoms with Gasteiger partial charge in [0.25, 0.3) is 0 Å². The number of ketones is 1. The number of halogens is 3. The lowest BCUT2D eigenvalue weighted by Gasteiger charge is -2.11. The number of carbonyl (C=O) groups excluding carboxylic acids is 3. The number of carboxylic acids is 1. The third-order valence-corrected chi connectivity index (χ3v) is 4.84. The van der Waals surface area contributed by atoms with Gasteiger partial charge in [0, 0.05) is 16.8 Å². The lowest BCUT2D eigenvalue weighted by Crippen LogP contribution is -2.21. The fraction of sp³-hybridized carbons (Fsp3) is 0.0800. The summed E-state index contributed by atoms with van der Waals surface area (Å²) >= 11 is 0. The van der Waals surface area contributed by atoms with Crippen LogP contribution in [-0.4, -0.2) is 52.2 Å². The molecule has 39 heavy (non-hydrogen) atoms. The number of H-pyrrole nitrogens is 1. The highest BCUT2D eigenvalue weighted by Crippen LogP contribution is 2.23. The number of nitrogens with zero attached hydrogens (tertiary/aromatic N) is 1. The monoisotopic (exact) mass is 543 g/mol. The first-order valence-corrected chi connectivity index (χ1v) is 10.9. The summed E-state index contributed by atoms with van der Waals surface area (Å²) in [6, 6.07) is 20.2. The van der Waals surface area contributed by atoms with Crippen LogP contribution in [-0.2, 0) is 9.53 Å². The molecular formula is C25H20F3N5O6. The Morgan fingerprint density at radius 2 is 1.54 bits per heavy atom. The van der Waals surface area contributed by atoms with Crippen LogP contribution in [0.1, 0.15) is 15.9 Å². The summed E-state index contributed by atoms with van der Waals surface area (Å²) < 4.78 is 36.3. The fourth-order valence-corrected chi connectivity index (χ4v) is 3.11. The molecule has 4 aromatic rings. The van der Waals surface area contributed by atoms with Gasteiger partial charge in [0.15, 0.2) is 5.78 Å². The summed E-state index contributed by atoms with van der Waals surface area (Å²) in [4.78, 5) is 53.0. The minimum absolute atomic E-state index is 0.205. The number of ether oxygens (including phenoxy) is 1. The molecule has 0 spiro atoms. The summed E-state index contributed by atoms with van der Waals surface area (Å²) in [5.74, 6) is -2.83. The van der Waals surface area contributed by atoms with Crippen molar-refractivity contribution in [1.82, 2.24) is 9.97 Å². The van der Waals surface area contributed by atoms with Crippen LogP contribution in [0.15, 0.2) is 72.8 Å². The first-order valence-electron chi connectivity index (χ1n) is 10.9. The predicted molar refractivity (Wildman–Crippen MR) is 135 cm³/mol. The van der Waals surface area contributed by atoms with Crippen LogP contribution < -0.4 is 16.0 Å². The highest BCUT2D eigenvalue weighted by Gasteiger charge is 2.38. The van der Waals surface area contributed by atoms with E-state index in [9.17, 15) is 27.6 Å². The zero-order valence-electron chi connectivity index (χ0n) is 20.0. The third-order valence-electron chi connectivity index (χ3n) is 4.84. The van der Waals surface area contributed by atoms with Gasteiger partial charge in [0.1, 0.15) is 0 Å². The molecule has 0 bridgehead atoms. The number of amides is 3. The lowest BCUT2D eigenvalue weighted by molar-refractivity contribution is -0.192. The van der Waals surface area contributed by atoms with Crippen LogP contribution in [0, 0.1) is 0 Å². The molecule has 0 atom stereocenters. The molecule has 3 amide bonds. The van der Waals surface area contributed by atoms with E-state index in [1.165, 1.54) is 7.11 Å². The second kappa shape index (κ2) is 12.2. The van der Waals surface area contributed by atoms with Gasteiger partial charge in [0.05, 0.1) is 23.8 Å². The molecule has 0 unspecified atom stereocenters. The van der Waals surface area contributed by atoms with E-state index in [2.05, 4.69) is 30.7 Å². The number of urea groups is 1. The number of rotatable bonds is 5. The van der Waals surface area contributed by atoms with Crippen molar-refractivity contribution in [1.29, 1.82) is 0 Å². The minimum Gasteiger partial charge on any atom is -0.475 e. The Kier molecular flexibility index (Phi) is 8.83. The van der Waals surface area contributed by atoms with E-state index in [-0.39, 0.29) is 11.7 Å². The molecule has 4 rings (SSSR count). The Hall–Kier alpha value is -5.40. The van der Waals surface area contributed by atoms with Gasteiger partial charge in [-0.15, -0.1) is 0 Å². The predicted octanol–water partition coefficient (Wildman–Crippen LogP) is 5.25. The third kappa shape index (κ3) is 7.79. The molecule has 1 heterocycles. The maximum atomic E-state index is 13.2. The average Bonchev–Trinajstić information content (AvgIpc) is 3.30. The number of benzene rings is 3. The molecule has 0 aliphatic heterocycles. The summed E-state index contributed by atoms with van der Waals surface area (Å²) in [6.07, 6.45) is -5.74. The van der Waals surface area contributed by atoms with E-state index in [4.69, 9.17) is 9.90 Å². The first-order chi connectivity index (χ1) is 18.5. The summed E-state index contributed by atoms with van der Waals surface area (Å²) in [7, 11) is 1.25. The van der Waals surface area contributed by atoms with Crippen molar-refractivity contribution in [2.24, 2.45) is 0 Å². The molecular weight excluding hydrogens is 523 g/mol. The summed E-state index contributed by atoms with van der Waals surface area (Å²) in [6.45, 7) is 0. The number of hydrogen-bond donors (Lipinski definition) is 5. The van der Waals surface area contributed by atoms with Crippen molar-refractivity contribution in [3.8, 4) is 0 Å². The van der Waals surface area contributed by atoms with Crippen LogP contribution >= 0.6 is 0 Å². The molecule has 1 aromatic heterocycles. The lowest BCUT2D eigenvalue weighted by atomic mass is 10.0. The largest absolute Gasteiger partial charge is 0.490 e. The number of aromatic amines is 1. The fourth-order valence-electron chi connectivity index (χ4n) is 3.11. The van der Waals surface area contributed by atoms with E-state index >= 15 is 0 Å². The zero-order chi connectivity index (χ0) is 28.6. The van der Waals surface area contributed by atoms with Gasteiger partial charge in [0.2, 0.25) is 5.95 Å². The van der Waals surface area contributed by atoms with Gasteiger partial charge in [-0.2, -0.15) is 13.2 Å². The summed E-state index contributed by atoms with van der Waals surface area (Å²) in [5, 5.41) is 15.0. The highest BCUT2D eigenvalue weighted by molar-refractivity contribution is 6.15. The van der Waals surface area contributed by atoms with Gasteiger partial charge in [-0.3, -0.25) is 10.1 Å². The van der Waals surface area contributed by atoms with E-state index in [1.807, 2.05) is 18.2 Å². The maximum Gasteiger partial charge on any atom is 0.490 e. The number of aliphatic carboxylic acids is 1. The maximum absolute atomic E-state index is 13.2. The number of para-hydroxylation sites is 2. The Labute approximate surface area is 218 Å². The molecule has 0 fully saturated rings. The number of carbonyl (C=O) groups is 4. The molecule has 0 saturated heterocycles. The number of alkyl halides is 3. The van der Waals surface area contributed by atoms with E-state index in [1.54, 1.807) is 54.6 Å². The van der Waals surface area contributed by atoms with Crippen LogP contribution in [0.2, 0.25) is 0 Å². The standard InChI is InChI=1S/C23H19N5O4.C2HF3O2/c1-32-23(31)28-21-25-18-12-11-14(13-19(18)26-21)20(29)16-9-5-6-10-17(16)27-22(30)24-15-7-3-2-4-8-15;3-2(4,5)1(6)7/h2-13H,1H3,(H2,24,27,30)(H2,25,26,28,31);(H,6,7). The van der Waals surface area contributed by atoms with Crippen molar-refractivity contribution < 1.29 is 42.2 Å². The molecule has 11 nitrogen and oxygen atoms in total. The Morgan fingerprint density at radius 3 is 2.18 bits per heavy atom. The molecule has 3 aromatic carbocycles. The van der Waals surface area contributed by atoms with Crippen LogP contribution in [0.25, 0.3) is 11.0 Å². The molecule has 14 heteroatoms. The van der Waals surface area contributed by atoms with Crippen molar-refractivity contribution >= 4 is 52.2 Å². The number of carboxylic acid groups (broad SMARTS) is 1. The number of imidazole rings is 1. The second-order valence-corrected chi connectivity index (χ2v) is 7.56. The van der Waals surface area contributed by atoms with Gasteiger partial charge >= 0.3 is 24.3 Å². The van der Waals surface area contributed by atoms with Crippen molar-refractivity contribution in [2.45, 2.75) is 6.18 Å². The second-order valence-electron chi connectivity index (χ2n) is 7.56. The van der Waals surface area contributed by atoms with Crippen molar-refractivity contribution in [2.75, 3.05) is 23.1 Å². The van der Waals surface area contributed by atoms with Gasteiger partial charge in [-0.1, -0.05) is 30.3 Å². The van der Waals surface area contributed by atoms with Gasteiger partial charge < -0.3 is 25.5 Å². The average molecular weight is 543 g/mol. The number of methoxy groups -OCH3 is 1. The van der Waals surface area contributed by atoms with Crippen LogP contribution in [0.3, 0.4) is 0 Å². The summed E-state index contributed by atoms with van der Waals surface area (Å²) in [5.41, 5.74) is 2.88. The van der Waals surface area contributed by atoms with Gasteiger partial charge in [-0.05, 0) is 42.5 Å². The molecule has 0 radical (unpaired) electrons. The molecule has 202 valence electrons. The number of fused-ring (bicyclic) bond motifs is 1. The molecule has 0 aliphatic rings. The van der Waals surface area contributed by atoms with Crippen LogP contribution in [0.5, 0.6) is 0 Å². The van der Waals surface area contributed by atoms with Crippen molar-refractivity contribution in [3.63, 3.8) is 0 Å². The minimum atomic E-state index is -5.08. The number of nitrogens with one attached hydrogen (secondary N) is 4. The Bertz CT molecular complexity index is 1510. The molecule has 0 saturated carbocycles. The number of hydrogen-bond acceptors (Lipinski definition) is 6. The highest BCUT2D eigenvalue weighted by atomic mass is 19.4. The van der Waals surface area contributed by atoms with Gasteiger partial charge in [-0.25, -0.2) is 19.4 Å². The van der Waals surface area contributed by atoms with Crippen LogP contribution in [0.4, 0.5) is 40.1 Å². The van der Waals surface area contributed by atoms with E-state index in [0.29, 0.717) is 33.5 Å². The van der Waals surface area contributed by atoms with E-state index < -0.39 is 24.3 Å². The Morgan fingerprint density at radius 1 is 0.897 bits per heavy atom. The smallest absolute Gasteiger partial charge is 0.475 e. The molecule has 5 N–H and O–H groups in total. The van der Waals surface area contributed by atoms with E-state index in [0.717, 1.165) is 0 Å². The first kappa shape index (κ1) is 28.2. The van der Waals surface area contributed by atoms with Crippen molar-refractivity contribution in [3.05, 3.63) is 83.9 Å². The SMILES string of the molecule is COC(=O)Nc1nc2ccc(C(=O)c3ccccc3NC(=O)Nc3ccccc3)cc2[nH]1.O=C(O)C(F)(F)F. The topological polar surface area (TPSA) is 163 Å². The quantitative estimate of drug-likeness (QED) is 0.215.